The first-order valence-electron chi connectivity index (χ1n) is 8.31. The third-order valence-electron chi connectivity index (χ3n) is 4.07. The fourth-order valence-corrected chi connectivity index (χ4v) is 3.17. The number of hydrogen-bond acceptors (Lipinski definition) is 5. The van der Waals surface area contributed by atoms with E-state index in [9.17, 15) is 14.4 Å². The van der Waals surface area contributed by atoms with Crippen LogP contribution < -0.4 is 22.1 Å². The average molecular weight is 394 g/mol. The Morgan fingerprint density at radius 2 is 1.61 bits per heavy atom. The fourth-order valence-electron chi connectivity index (χ4n) is 2.55. The summed E-state index contributed by atoms with van der Waals surface area (Å²) in [6, 6.07) is 12.9. The topological polar surface area (TPSA) is 127 Å². The standard InChI is InChI=1S/C20H18N4O3S/c1-11-9-13(5-7-15(11)23-20(27)17-3-2-8-28-17)19(26)24-16-10-12(18(22)25)4-6-14(16)21/h2-10H,21H2,1H3,(H2,22,25)(H,23,27)(H,24,26). The number of rotatable bonds is 5. The lowest BCUT2D eigenvalue weighted by Gasteiger charge is -2.12. The van der Waals surface area contributed by atoms with Gasteiger partial charge in [-0.25, -0.2) is 0 Å². The number of nitrogens with two attached hydrogens (primary N) is 2. The van der Waals surface area contributed by atoms with Crippen LogP contribution in [0.1, 0.15) is 36.0 Å². The molecule has 7 nitrogen and oxygen atoms in total. The van der Waals surface area contributed by atoms with Crippen molar-refractivity contribution in [2.24, 2.45) is 5.73 Å². The Kier molecular flexibility index (Phi) is 5.42. The Morgan fingerprint density at radius 3 is 2.25 bits per heavy atom. The van der Waals surface area contributed by atoms with Crippen LogP contribution in [-0.2, 0) is 0 Å². The molecule has 0 radical (unpaired) electrons. The van der Waals surface area contributed by atoms with Gasteiger partial charge in [-0.1, -0.05) is 6.07 Å². The highest BCUT2D eigenvalue weighted by Crippen LogP contribution is 2.23. The van der Waals surface area contributed by atoms with E-state index in [2.05, 4.69) is 10.6 Å². The summed E-state index contributed by atoms with van der Waals surface area (Å²) in [4.78, 5) is 36.6. The van der Waals surface area contributed by atoms with Crippen molar-refractivity contribution in [2.45, 2.75) is 6.92 Å². The molecule has 8 heteroatoms. The molecule has 142 valence electrons. The summed E-state index contributed by atoms with van der Waals surface area (Å²) in [6.45, 7) is 1.79. The number of benzene rings is 2. The molecule has 3 amide bonds. The zero-order valence-electron chi connectivity index (χ0n) is 15.0. The van der Waals surface area contributed by atoms with Crippen LogP contribution in [0.3, 0.4) is 0 Å². The number of carbonyl (C=O) groups is 3. The van der Waals surface area contributed by atoms with Gasteiger partial charge in [-0.05, 0) is 60.3 Å². The molecule has 28 heavy (non-hydrogen) atoms. The average Bonchev–Trinajstić information content (AvgIpc) is 3.19. The molecule has 3 aromatic rings. The molecule has 0 fully saturated rings. The third kappa shape index (κ3) is 4.18. The molecule has 0 bridgehead atoms. The van der Waals surface area contributed by atoms with Crippen LogP contribution in [0.2, 0.25) is 0 Å². The van der Waals surface area contributed by atoms with Gasteiger partial charge in [0.15, 0.2) is 0 Å². The predicted octanol–water partition coefficient (Wildman–Crippen LogP) is 3.24. The monoisotopic (exact) mass is 394 g/mol. The molecular weight excluding hydrogens is 376 g/mol. The zero-order chi connectivity index (χ0) is 20.3. The van der Waals surface area contributed by atoms with Gasteiger partial charge in [0.25, 0.3) is 11.8 Å². The minimum Gasteiger partial charge on any atom is -0.397 e. The van der Waals surface area contributed by atoms with Crippen LogP contribution in [-0.4, -0.2) is 17.7 Å². The maximum absolute atomic E-state index is 12.6. The van der Waals surface area contributed by atoms with Crippen molar-refractivity contribution >= 4 is 46.1 Å². The van der Waals surface area contributed by atoms with Gasteiger partial charge in [-0.3, -0.25) is 14.4 Å². The molecule has 3 rings (SSSR count). The number of hydrogen-bond donors (Lipinski definition) is 4. The Bertz CT molecular complexity index is 1060. The van der Waals surface area contributed by atoms with Crippen LogP contribution >= 0.6 is 11.3 Å². The summed E-state index contributed by atoms with van der Waals surface area (Å²) in [7, 11) is 0. The molecule has 1 heterocycles. The number of nitrogens with one attached hydrogen (secondary N) is 2. The van der Waals surface area contributed by atoms with Crippen molar-refractivity contribution in [3.8, 4) is 0 Å². The predicted molar refractivity (Wildman–Crippen MR) is 111 cm³/mol. The highest BCUT2D eigenvalue weighted by atomic mass is 32.1. The van der Waals surface area contributed by atoms with Gasteiger partial charge < -0.3 is 22.1 Å². The molecule has 0 saturated heterocycles. The van der Waals surface area contributed by atoms with Crippen molar-refractivity contribution in [3.05, 3.63) is 75.5 Å². The van der Waals surface area contributed by atoms with E-state index in [1.54, 1.807) is 37.3 Å². The number of thiophene rings is 1. The minimum atomic E-state index is -0.614. The second kappa shape index (κ2) is 7.93. The zero-order valence-corrected chi connectivity index (χ0v) is 15.8. The first-order chi connectivity index (χ1) is 13.3. The van der Waals surface area contributed by atoms with Crippen LogP contribution in [0.25, 0.3) is 0 Å². The van der Waals surface area contributed by atoms with E-state index in [4.69, 9.17) is 11.5 Å². The molecule has 2 aromatic carbocycles. The van der Waals surface area contributed by atoms with E-state index in [0.717, 1.165) is 5.56 Å². The Labute approximate surface area is 165 Å². The molecule has 0 unspecified atom stereocenters. The van der Waals surface area contributed by atoms with E-state index in [0.29, 0.717) is 27.5 Å². The van der Waals surface area contributed by atoms with Gasteiger partial charge in [0.05, 0.1) is 16.3 Å². The van der Waals surface area contributed by atoms with Crippen LogP contribution in [0.5, 0.6) is 0 Å². The Balaban J connectivity index is 1.76. The molecule has 6 N–H and O–H groups in total. The van der Waals surface area contributed by atoms with Crippen molar-refractivity contribution in [1.82, 2.24) is 0 Å². The quantitative estimate of drug-likeness (QED) is 0.495. The lowest BCUT2D eigenvalue weighted by Crippen LogP contribution is -2.16. The van der Waals surface area contributed by atoms with Crippen LogP contribution in [0.15, 0.2) is 53.9 Å². The summed E-state index contributed by atoms with van der Waals surface area (Å²) >= 11 is 1.35. The van der Waals surface area contributed by atoms with E-state index < -0.39 is 11.8 Å². The molecule has 0 aliphatic heterocycles. The lowest BCUT2D eigenvalue weighted by atomic mass is 10.1. The largest absolute Gasteiger partial charge is 0.397 e. The highest BCUT2D eigenvalue weighted by Gasteiger charge is 2.13. The summed E-state index contributed by atoms with van der Waals surface area (Å²) in [6.07, 6.45) is 0. The van der Waals surface area contributed by atoms with E-state index in [-0.39, 0.29) is 11.5 Å². The minimum absolute atomic E-state index is 0.202. The maximum atomic E-state index is 12.6. The maximum Gasteiger partial charge on any atom is 0.265 e. The molecular formula is C20H18N4O3S. The third-order valence-corrected chi connectivity index (χ3v) is 4.94. The van der Waals surface area contributed by atoms with E-state index >= 15 is 0 Å². The fraction of sp³-hybridized carbons (Fsp3) is 0.0500. The second-order valence-electron chi connectivity index (χ2n) is 6.08. The number of aryl methyl sites for hydroxylation is 1. The highest BCUT2D eigenvalue weighted by molar-refractivity contribution is 7.12. The van der Waals surface area contributed by atoms with Crippen molar-refractivity contribution in [1.29, 1.82) is 0 Å². The van der Waals surface area contributed by atoms with Gasteiger partial charge in [0.1, 0.15) is 0 Å². The molecule has 0 spiro atoms. The molecule has 0 saturated carbocycles. The van der Waals surface area contributed by atoms with Gasteiger partial charge in [-0.15, -0.1) is 11.3 Å². The second-order valence-corrected chi connectivity index (χ2v) is 7.03. The number of carbonyl (C=O) groups excluding carboxylic acids is 3. The lowest BCUT2D eigenvalue weighted by molar-refractivity contribution is 0.0995. The van der Waals surface area contributed by atoms with Crippen molar-refractivity contribution < 1.29 is 14.4 Å². The summed E-state index contributed by atoms with van der Waals surface area (Å²) in [5, 5.41) is 7.33. The van der Waals surface area contributed by atoms with E-state index in [1.807, 2.05) is 5.38 Å². The van der Waals surface area contributed by atoms with Crippen molar-refractivity contribution in [3.63, 3.8) is 0 Å². The summed E-state index contributed by atoms with van der Waals surface area (Å²) < 4.78 is 0. The normalized spacial score (nSPS) is 10.3. The number of amides is 3. The molecule has 0 aliphatic carbocycles. The molecule has 0 atom stereocenters. The number of nitrogen functional groups attached to an aromatic ring is 1. The van der Waals surface area contributed by atoms with E-state index in [1.165, 1.54) is 29.5 Å². The SMILES string of the molecule is Cc1cc(C(=O)Nc2cc(C(N)=O)ccc2N)ccc1NC(=O)c1cccs1. The van der Waals surface area contributed by atoms with Gasteiger partial charge >= 0.3 is 0 Å². The first-order valence-corrected chi connectivity index (χ1v) is 9.19. The van der Waals surface area contributed by atoms with Crippen molar-refractivity contribution in [2.75, 3.05) is 16.4 Å². The molecule has 1 aromatic heterocycles. The Hall–Kier alpha value is -3.65. The van der Waals surface area contributed by atoms with Gasteiger partial charge in [0.2, 0.25) is 5.91 Å². The molecule has 0 aliphatic rings. The summed E-state index contributed by atoms with van der Waals surface area (Å²) in [5.41, 5.74) is 13.7. The number of anilines is 3. The van der Waals surface area contributed by atoms with Gasteiger partial charge in [0, 0.05) is 16.8 Å². The van der Waals surface area contributed by atoms with Crippen LogP contribution in [0.4, 0.5) is 17.1 Å². The first kappa shape index (κ1) is 19.1. The van der Waals surface area contributed by atoms with Crippen LogP contribution in [0, 0.1) is 6.92 Å². The Morgan fingerprint density at radius 1 is 0.893 bits per heavy atom. The smallest absolute Gasteiger partial charge is 0.265 e. The summed E-state index contributed by atoms with van der Waals surface area (Å²) in [5.74, 6) is -1.21. The number of primary amides is 1. The van der Waals surface area contributed by atoms with Gasteiger partial charge in [-0.2, -0.15) is 0 Å².